The summed E-state index contributed by atoms with van der Waals surface area (Å²) in [5.41, 5.74) is 7.72. The van der Waals surface area contributed by atoms with Crippen LogP contribution in [0.2, 0.25) is 0 Å². The molecule has 0 atom stereocenters. The van der Waals surface area contributed by atoms with E-state index in [1.165, 1.54) is 0 Å². The number of nitrogens with two attached hydrogens (primary N) is 1. The number of methoxy groups -OCH3 is 3. The van der Waals surface area contributed by atoms with Gasteiger partial charge in [0.25, 0.3) is 0 Å². The number of carbonyl (C=O) groups is 1. The Balaban J connectivity index is 2.40. The fourth-order valence-corrected chi connectivity index (χ4v) is 2.48. The summed E-state index contributed by atoms with van der Waals surface area (Å²) in [4.78, 5) is 12.0. The number of benzene rings is 1. The van der Waals surface area contributed by atoms with E-state index in [-0.39, 0.29) is 12.3 Å². The highest BCUT2D eigenvalue weighted by Gasteiger charge is 2.20. The van der Waals surface area contributed by atoms with E-state index in [9.17, 15) is 4.79 Å². The first-order valence-electron chi connectivity index (χ1n) is 7.75. The lowest BCUT2D eigenvalue weighted by Crippen LogP contribution is -2.09. The number of nitrogen functional groups attached to an aromatic ring is 1. The zero-order valence-corrected chi connectivity index (χ0v) is 15.1. The van der Waals surface area contributed by atoms with Gasteiger partial charge in [0.15, 0.2) is 17.2 Å². The van der Waals surface area contributed by atoms with E-state index in [1.54, 1.807) is 39.9 Å². The summed E-state index contributed by atoms with van der Waals surface area (Å²) in [7, 11) is 4.64. The number of hydrogen-bond donors (Lipinski definition) is 1. The number of aromatic nitrogens is 2. The van der Waals surface area contributed by atoms with Crippen LogP contribution in [0.25, 0.3) is 0 Å². The normalized spacial score (nSPS) is 10.4. The summed E-state index contributed by atoms with van der Waals surface area (Å²) in [5, 5.41) is 4.28. The Bertz CT molecular complexity index is 745. The van der Waals surface area contributed by atoms with Gasteiger partial charge < -0.3 is 24.7 Å². The van der Waals surface area contributed by atoms with Crippen LogP contribution in [0, 0.1) is 6.92 Å². The molecule has 1 aromatic carbocycles. The highest BCUT2D eigenvalue weighted by atomic mass is 16.5. The van der Waals surface area contributed by atoms with Crippen LogP contribution >= 0.6 is 0 Å². The van der Waals surface area contributed by atoms with Gasteiger partial charge in [0.1, 0.15) is 5.82 Å². The Morgan fingerprint density at radius 3 is 2.24 bits per heavy atom. The van der Waals surface area contributed by atoms with E-state index >= 15 is 0 Å². The highest BCUT2D eigenvalue weighted by Crippen LogP contribution is 2.38. The minimum atomic E-state index is -0.490. The third-order valence-corrected chi connectivity index (χ3v) is 3.76. The number of carbonyl (C=O) groups excluding carboxylic acids is 1. The van der Waals surface area contributed by atoms with Crippen LogP contribution in [-0.2, 0) is 11.3 Å². The molecule has 0 spiro atoms. The topological polar surface area (TPSA) is 97.8 Å². The average Bonchev–Trinajstić information content (AvgIpc) is 2.89. The summed E-state index contributed by atoms with van der Waals surface area (Å²) >= 11 is 0. The standard InChI is InChI=1S/C17H23N3O5/c1-6-25-17(21)14-10(2)16(18)20(19-14)9-11-7-12(22-3)15(24-5)13(8-11)23-4/h7-8H,6,9,18H2,1-5H3. The fourth-order valence-electron chi connectivity index (χ4n) is 2.48. The van der Waals surface area contributed by atoms with Crippen molar-refractivity contribution in [3.8, 4) is 17.2 Å². The third-order valence-electron chi connectivity index (χ3n) is 3.76. The Hall–Kier alpha value is -2.90. The zero-order chi connectivity index (χ0) is 18.6. The first-order chi connectivity index (χ1) is 12.0. The molecule has 0 saturated heterocycles. The predicted molar refractivity (Wildman–Crippen MR) is 92.5 cm³/mol. The number of rotatable bonds is 7. The van der Waals surface area contributed by atoms with Gasteiger partial charge in [-0.1, -0.05) is 0 Å². The molecular formula is C17H23N3O5. The smallest absolute Gasteiger partial charge is 0.359 e. The Morgan fingerprint density at radius 1 is 1.16 bits per heavy atom. The van der Waals surface area contributed by atoms with Crippen LogP contribution in [0.15, 0.2) is 12.1 Å². The summed E-state index contributed by atoms with van der Waals surface area (Å²) in [5.74, 6) is 1.48. The quantitative estimate of drug-likeness (QED) is 0.764. The van der Waals surface area contributed by atoms with Gasteiger partial charge in [0.05, 0.1) is 34.5 Å². The summed E-state index contributed by atoms with van der Waals surface area (Å²) in [6.45, 7) is 4.09. The fraction of sp³-hybridized carbons (Fsp3) is 0.412. The molecule has 136 valence electrons. The molecule has 0 aliphatic carbocycles. The monoisotopic (exact) mass is 349 g/mol. The van der Waals surface area contributed by atoms with E-state index in [1.807, 2.05) is 12.1 Å². The number of anilines is 1. The maximum Gasteiger partial charge on any atom is 0.359 e. The van der Waals surface area contributed by atoms with Crippen LogP contribution in [0.1, 0.15) is 28.5 Å². The second-order valence-electron chi connectivity index (χ2n) is 5.27. The van der Waals surface area contributed by atoms with Gasteiger partial charge in [-0.15, -0.1) is 0 Å². The van der Waals surface area contributed by atoms with Gasteiger partial charge in [-0.25, -0.2) is 9.48 Å². The molecule has 0 aliphatic rings. The van der Waals surface area contributed by atoms with Crippen molar-refractivity contribution in [2.75, 3.05) is 33.7 Å². The molecule has 0 bridgehead atoms. The molecule has 0 aliphatic heterocycles. The Kier molecular flexibility index (Phi) is 5.74. The van der Waals surface area contributed by atoms with Crippen molar-refractivity contribution in [1.82, 2.24) is 9.78 Å². The largest absolute Gasteiger partial charge is 0.493 e. The predicted octanol–water partition coefficient (Wildman–Crippen LogP) is 2.02. The van der Waals surface area contributed by atoms with E-state index in [0.29, 0.717) is 35.2 Å². The molecule has 2 rings (SSSR count). The van der Waals surface area contributed by atoms with Crippen molar-refractivity contribution < 1.29 is 23.7 Å². The second kappa shape index (κ2) is 7.78. The van der Waals surface area contributed by atoms with Gasteiger partial charge in [-0.2, -0.15) is 5.10 Å². The molecule has 1 heterocycles. The SMILES string of the molecule is CCOC(=O)c1nn(Cc2cc(OC)c(OC)c(OC)c2)c(N)c1C. The van der Waals surface area contributed by atoms with Crippen molar-refractivity contribution in [2.24, 2.45) is 0 Å². The third kappa shape index (κ3) is 3.62. The van der Waals surface area contributed by atoms with Crippen molar-refractivity contribution in [2.45, 2.75) is 20.4 Å². The van der Waals surface area contributed by atoms with Crippen LogP contribution < -0.4 is 19.9 Å². The van der Waals surface area contributed by atoms with Gasteiger partial charge in [-0.05, 0) is 31.5 Å². The number of hydrogen-bond acceptors (Lipinski definition) is 7. The van der Waals surface area contributed by atoms with E-state index < -0.39 is 5.97 Å². The molecule has 8 nitrogen and oxygen atoms in total. The molecule has 2 N–H and O–H groups in total. The first kappa shape index (κ1) is 18.4. The van der Waals surface area contributed by atoms with Crippen LogP contribution in [-0.4, -0.2) is 43.7 Å². The Morgan fingerprint density at radius 2 is 1.76 bits per heavy atom. The molecule has 0 unspecified atom stereocenters. The molecule has 0 amide bonds. The van der Waals surface area contributed by atoms with Crippen molar-refractivity contribution >= 4 is 11.8 Å². The van der Waals surface area contributed by atoms with E-state index in [2.05, 4.69) is 5.10 Å². The minimum Gasteiger partial charge on any atom is -0.493 e. The number of esters is 1. The molecule has 25 heavy (non-hydrogen) atoms. The van der Waals surface area contributed by atoms with Crippen molar-refractivity contribution in [1.29, 1.82) is 0 Å². The summed E-state index contributed by atoms with van der Waals surface area (Å²) in [6.07, 6.45) is 0. The van der Waals surface area contributed by atoms with Crippen LogP contribution in [0.3, 0.4) is 0 Å². The summed E-state index contributed by atoms with van der Waals surface area (Å²) < 4.78 is 22.6. The van der Waals surface area contributed by atoms with Crippen molar-refractivity contribution in [3.05, 3.63) is 29.0 Å². The highest BCUT2D eigenvalue weighted by molar-refractivity contribution is 5.90. The van der Waals surface area contributed by atoms with E-state index in [4.69, 9.17) is 24.7 Å². The van der Waals surface area contributed by atoms with Gasteiger partial charge in [0, 0.05) is 5.56 Å². The Labute approximate surface area is 146 Å². The molecule has 8 heteroatoms. The zero-order valence-electron chi connectivity index (χ0n) is 15.1. The maximum absolute atomic E-state index is 12.0. The second-order valence-corrected chi connectivity index (χ2v) is 5.27. The van der Waals surface area contributed by atoms with Crippen LogP contribution in [0.5, 0.6) is 17.2 Å². The number of nitrogens with zero attached hydrogens (tertiary/aromatic N) is 2. The van der Waals surface area contributed by atoms with Gasteiger partial charge in [-0.3, -0.25) is 0 Å². The lowest BCUT2D eigenvalue weighted by molar-refractivity contribution is 0.0517. The summed E-state index contributed by atoms with van der Waals surface area (Å²) in [6, 6.07) is 3.61. The molecule has 0 fully saturated rings. The van der Waals surface area contributed by atoms with Crippen molar-refractivity contribution in [3.63, 3.8) is 0 Å². The minimum absolute atomic E-state index is 0.215. The first-order valence-corrected chi connectivity index (χ1v) is 7.75. The van der Waals surface area contributed by atoms with Crippen LogP contribution in [0.4, 0.5) is 5.82 Å². The molecule has 0 radical (unpaired) electrons. The van der Waals surface area contributed by atoms with Gasteiger partial charge in [0.2, 0.25) is 5.75 Å². The number of ether oxygens (including phenoxy) is 4. The molecular weight excluding hydrogens is 326 g/mol. The van der Waals surface area contributed by atoms with E-state index in [0.717, 1.165) is 5.56 Å². The molecule has 1 aromatic heterocycles. The molecule has 0 saturated carbocycles. The maximum atomic E-state index is 12.0. The average molecular weight is 349 g/mol. The molecule has 2 aromatic rings. The lowest BCUT2D eigenvalue weighted by Gasteiger charge is -2.14. The van der Waals surface area contributed by atoms with Gasteiger partial charge >= 0.3 is 5.97 Å². The lowest BCUT2D eigenvalue weighted by atomic mass is 10.1.